The molecule has 1 fully saturated rings. The van der Waals surface area contributed by atoms with E-state index in [1.807, 2.05) is 0 Å². The summed E-state index contributed by atoms with van der Waals surface area (Å²) in [6.45, 7) is 7.17. The zero-order chi connectivity index (χ0) is 12.5. The second-order valence-corrected chi connectivity index (χ2v) is 7.40. The van der Waals surface area contributed by atoms with Crippen LogP contribution in [0.5, 0.6) is 0 Å². The molecule has 0 aliphatic heterocycles. The predicted molar refractivity (Wildman–Crippen MR) is 83.4 cm³/mol. The largest absolute Gasteiger partial charge is 0.381 e. The molecule has 0 spiro atoms. The molecule has 94 valence electrons. The molecule has 0 heterocycles. The summed E-state index contributed by atoms with van der Waals surface area (Å²) in [5, 5.41) is 3.73. The molecule has 0 amide bonds. The molecule has 1 saturated carbocycles. The standard InChI is InChI=1S/C15H22IN/c1-11-8-12(10-15(2,3)9-11)17-14-7-5-4-6-13(14)16/h4-7,11-12,17H,8-10H2,1-3H3. The Bertz CT molecular complexity index is 386. The van der Waals surface area contributed by atoms with Crippen molar-refractivity contribution < 1.29 is 0 Å². The molecule has 1 aliphatic rings. The fourth-order valence-electron chi connectivity index (χ4n) is 3.25. The van der Waals surface area contributed by atoms with Crippen LogP contribution in [0.15, 0.2) is 24.3 Å². The van der Waals surface area contributed by atoms with E-state index in [-0.39, 0.29) is 0 Å². The van der Waals surface area contributed by atoms with Crippen molar-refractivity contribution in [3.63, 3.8) is 0 Å². The second-order valence-electron chi connectivity index (χ2n) is 6.23. The van der Waals surface area contributed by atoms with Crippen molar-refractivity contribution in [1.29, 1.82) is 0 Å². The van der Waals surface area contributed by atoms with Gasteiger partial charge >= 0.3 is 0 Å². The van der Waals surface area contributed by atoms with Crippen LogP contribution in [0.4, 0.5) is 5.69 Å². The van der Waals surface area contributed by atoms with Crippen molar-refractivity contribution in [1.82, 2.24) is 0 Å². The fraction of sp³-hybridized carbons (Fsp3) is 0.600. The first-order chi connectivity index (χ1) is 7.96. The Morgan fingerprint density at radius 1 is 1.24 bits per heavy atom. The summed E-state index contributed by atoms with van der Waals surface area (Å²) in [6.07, 6.45) is 3.94. The summed E-state index contributed by atoms with van der Waals surface area (Å²) in [7, 11) is 0. The molecule has 1 nitrogen and oxygen atoms in total. The maximum Gasteiger partial charge on any atom is 0.0478 e. The zero-order valence-corrected chi connectivity index (χ0v) is 13.1. The minimum Gasteiger partial charge on any atom is -0.381 e. The molecule has 1 aliphatic carbocycles. The molecule has 2 atom stereocenters. The van der Waals surface area contributed by atoms with Crippen molar-refractivity contribution in [3.05, 3.63) is 27.8 Å². The van der Waals surface area contributed by atoms with E-state index in [0.29, 0.717) is 11.5 Å². The number of nitrogens with one attached hydrogen (secondary N) is 1. The van der Waals surface area contributed by atoms with Gasteiger partial charge < -0.3 is 5.32 Å². The van der Waals surface area contributed by atoms with Gasteiger partial charge in [0, 0.05) is 15.3 Å². The molecular weight excluding hydrogens is 321 g/mol. The molecule has 1 aromatic rings. The first kappa shape index (κ1) is 13.2. The average molecular weight is 343 g/mol. The molecule has 17 heavy (non-hydrogen) atoms. The van der Waals surface area contributed by atoms with Crippen molar-refractivity contribution in [2.75, 3.05) is 5.32 Å². The van der Waals surface area contributed by atoms with E-state index in [1.165, 1.54) is 28.5 Å². The third-order valence-electron chi connectivity index (χ3n) is 3.62. The summed E-state index contributed by atoms with van der Waals surface area (Å²) < 4.78 is 1.32. The normalized spacial score (nSPS) is 27.8. The Labute approximate surface area is 119 Å². The molecule has 2 rings (SSSR count). The van der Waals surface area contributed by atoms with Gasteiger partial charge in [-0.25, -0.2) is 0 Å². The zero-order valence-electron chi connectivity index (χ0n) is 11.0. The first-order valence-electron chi connectivity index (χ1n) is 6.47. The van der Waals surface area contributed by atoms with Gasteiger partial charge in [0.25, 0.3) is 0 Å². The third kappa shape index (κ3) is 3.60. The molecule has 0 aromatic heterocycles. The van der Waals surface area contributed by atoms with Crippen LogP contribution in [-0.2, 0) is 0 Å². The Balaban J connectivity index is 2.06. The Hall–Kier alpha value is -0.250. The van der Waals surface area contributed by atoms with Gasteiger partial charge in [-0.05, 0) is 65.3 Å². The summed E-state index contributed by atoms with van der Waals surface area (Å²) in [6, 6.07) is 9.20. The Morgan fingerprint density at radius 2 is 1.94 bits per heavy atom. The molecule has 0 radical (unpaired) electrons. The predicted octanol–water partition coefficient (Wildman–Crippen LogP) is 4.92. The quantitative estimate of drug-likeness (QED) is 0.752. The summed E-state index contributed by atoms with van der Waals surface area (Å²) in [4.78, 5) is 0. The van der Waals surface area contributed by atoms with Gasteiger partial charge in [-0.2, -0.15) is 0 Å². The van der Waals surface area contributed by atoms with E-state index in [1.54, 1.807) is 0 Å². The highest BCUT2D eigenvalue weighted by Gasteiger charge is 2.31. The number of hydrogen-bond acceptors (Lipinski definition) is 1. The lowest BCUT2D eigenvalue weighted by atomic mass is 9.70. The molecule has 1 N–H and O–H groups in total. The SMILES string of the molecule is CC1CC(Nc2ccccc2I)CC(C)(C)C1. The van der Waals surface area contributed by atoms with Crippen molar-refractivity contribution in [2.45, 2.75) is 46.1 Å². The van der Waals surface area contributed by atoms with Crippen LogP contribution in [-0.4, -0.2) is 6.04 Å². The van der Waals surface area contributed by atoms with E-state index in [4.69, 9.17) is 0 Å². The van der Waals surface area contributed by atoms with Crippen LogP contribution in [0.2, 0.25) is 0 Å². The second kappa shape index (κ2) is 5.17. The molecular formula is C15H22IN. The third-order valence-corrected chi connectivity index (χ3v) is 4.56. The number of para-hydroxylation sites is 1. The van der Waals surface area contributed by atoms with Gasteiger partial charge in [-0.3, -0.25) is 0 Å². The van der Waals surface area contributed by atoms with Gasteiger partial charge in [0.1, 0.15) is 0 Å². The maximum atomic E-state index is 3.73. The highest BCUT2D eigenvalue weighted by molar-refractivity contribution is 14.1. The van der Waals surface area contributed by atoms with Crippen LogP contribution in [0.1, 0.15) is 40.0 Å². The first-order valence-corrected chi connectivity index (χ1v) is 7.55. The molecule has 1 aromatic carbocycles. The van der Waals surface area contributed by atoms with Crippen LogP contribution >= 0.6 is 22.6 Å². The van der Waals surface area contributed by atoms with E-state index >= 15 is 0 Å². The molecule has 2 heteroatoms. The topological polar surface area (TPSA) is 12.0 Å². The lowest BCUT2D eigenvalue weighted by Crippen LogP contribution is -2.35. The van der Waals surface area contributed by atoms with Crippen molar-refractivity contribution >= 4 is 28.3 Å². The fourth-order valence-corrected chi connectivity index (χ4v) is 3.80. The van der Waals surface area contributed by atoms with E-state index < -0.39 is 0 Å². The summed E-state index contributed by atoms with van der Waals surface area (Å²) >= 11 is 2.41. The van der Waals surface area contributed by atoms with E-state index in [9.17, 15) is 0 Å². The number of anilines is 1. The van der Waals surface area contributed by atoms with Crippen LogP contribution < -0.4 is 5.32 Å². The minimum atomic E-state index is 0.482. The van der Waals surface area contributed by atoms with Gasteiger partial charge in [0.15, 0.2) is 0 Å². The van der Waals surface area contributed by atoms with Crippen molar-refractivity contribution in [3.8, 4) is 0 Å². The Kier molecular flexibility index (Phi) is 4.01. The summed E-state index contributed by atoms with van der Waals surface area (Å²) in [5.41, 5.74) is 1.78. The van der Waals surface area contributed by atoms with Gasteiger partial charge in [-0.15, -0.1) is 0 Å². The molecule has 0 saturated heterocycles. The molecule has 2 unspecified atom stereocenters. The van der Waals surface area contributed by atoms with E-state index in [2.05, 4.69) is 72.9 Å². The van der Waals surface area contributed by atoms with Crippen LogP contribution in [0.3, 0.4) is 0 Å². The molecule has 0 bridgehead atoms. The van der Waals surface area contributed by atoms with Gasteiger partial charge in [0.05, 0.1) is 0 Å². The lowest BCUT2D eigenvalue weighted by Gasteiger charge is -2.39. The Morgan fingerprint density at radius 3 is 2.59 bits per heavy atom. The monoisotopic (exact) mass is 343 g/mol. The number of benzene rings is 1. The van der Waals surface area contributed by atoms with Crippen molar-refractivity contribution in [2.24, 2.45) is 11.3 Å². The lowest BCUT2D eigenvalue weighted by molar-refractivity contribution is 0.178. The summed E-state index contributed by atoms with van der Waals surface area (Å²) in [5.74, 6) is 0.831. The van der Waals surface area contributed by atoms with Gasteiger partial charge in [-0.1, -0.05) is 32.9 Å². The van der Waals surface area contributed by atoms with Crippen LogP contribution in [0.25, 0.3) is 0 Å². The van der Waals surface area contributed by atoms with Crippen LogP contribution in [0, 0.1) is 14.9 Å². The maximum absolute atomic E-state index is 3.73. The average Bonchev–Trinajstić information content (AvgIpc) is 2.18. The van der Waals surface area contributed by atoms with E-state index in [0.717, 1.165) is 5.92 Å². The minimum absolute atomic E-state index is 0.482. The van der Waals surface area contributed by atoms with Gasteiger partial charge in [0.2, 0.25) is 0 Å². The highest BCUT2D eigenvalue weighted by atomic mass is 127. The number of hydrogen-bond donors (Lipinski definition) is 1. The number of rotatable bonds is 2. The highest BCUT2D eigenvalue weighted by Crippen LogP contribution is 2.39. The smallest absolute Gasteiger partial charge is 0.0478 e. The number of halogens is 1.